The lowest BCUT2D eigenvalue weighted by Crippen LogP contribution is -2.58. The van der Waals surface area contributed by atoms with E-state index >= 15 is 0 Å². The molecule has 2 aliphatic heterocycles. The fourth-order valence-electron chi connectivity index (χ4n) is 5.52. The van der Waals surface area contributed by atoms with Crippen LogP contribution in [0.25, 0.3) is 22.2 Å². The van der Waals surface area contributed by atoms with Crippen molar-refractivity contribution in [1.29, 1.82) is 5.26 Å². The highest BCUT2D eigenvalue weighted by molar-refractivity contribution is 5.97. The number of methoxy groups -OCH3 is 1. The average molecular weight is 516 g/mol. The van der Waals surface area contributed by atoms with Crippen LogP contribution in [0.4, 0.5) is 10.2 Å². The van der Waals surface area contributed by atoms with E-state index in [2.05, 4.69) is 21.7 Å². The van der Waals surface area contributed by atoms with E-state index in [-0.39, 0.29) is 11.9 Å². The summed E-state index contributed by atoms with van der Waals surface area (Å²) in [5.41, 5.74) is 11.0. The molecule has 196 valence electrons. The third-order valence-corrected chi connectivity index (χ3v) is 7.36. The molecule has 1 saturated carbocycles. The van der Waals surface area contributed by atoms with Crippen molar-refractivity contribution in [2.75, 3.05) is 12.8 Å². The normalized spacial score (nSPS) is 19.6. The molecule has 2 bridgehead atoms. The molecule has 10 heteroatoms. The number of aromatic nitrogens is 3. The van der Waals surface area contributed by atoms with E-state index in [1.807, 2.05) is 36.0 Å². The van der Waals surface area contributed by atoms with Crippen LogP contribution in [0, 0.1) is 24.1 Å². The molecule has 4 aromatic rings. The number of carbonyl (C=O) groups excluding carboxylic acids is 1. The molecule has 38 heavy (non-hydrogen) atoms. The predicted molar refractivity (Wildman–Crippen MR) is 143 cm³/mol. The minimum atomic E-state index is -0.224. The number of halogens is 1. The third kappa shape index (κ3) is 4.68. The van der Waals surface area contributed by atoms with Gasteiger partial charge >= 0.3 is 0 Å². The molecule has 2 aromatic carbocycles. The van der Waals surface area contributed by atoms with Crippen molar-refractivity contribution in [3.05, 3.63) is 65.1 Å². The number of rotatable bonds is 6. The number of nitrogens with two attached hydrogens (primary N) is 1. The first-order chi connectivity index (χ1) is 18.4. The van der Waals surface area contributed by atoms with Gasteiger partial charge < -0.3 is 26.1 Å². The number of fused-ring (bicyclic) bond motifs is 3. The fraction of sp³-hybridized carbons (Fsp3) is 0.321. The molecule has 5 N–H and O–H groups in total. The van der Waals surface area contributed by atoms with Crippen LogP contribution < -0.4 is 21.1 Å². The van der Waals surface area contributed by atoms with Crippen LogP contribution in [0.2, 0.25) is 0 Å². The highest BCUT2D eigenvalue weighted by Crippen LogP contribution is 2.40. The van der Waals surface area contributed by atoms with Gasteiger partial charge in [0.1, 0.15) is 34.7 Å². The Morgan fingerprint density at radius 2 is 2.03 bits per heavy atom. The number of aryl methyl sites for hydroxylation is 1. The molecule has 1 aliphatic carbocycles. The summed E-state index contributed by atoms with van der Waals surface area (Å²) >= 11 is 0. The van der Waals surface area contributed by atoms with Gasteiger partial charge in [0, 0.05) is 35.8 Å². The zero-order valence-electron chi connectivity index (χ0n) is 21.3. The van der Waals surface area contributed by atoms with Crippen LogP contribution in [-0.4, -0.2) is 40.4 Å². The highest BCUT2D eigenvalue weighted by Gasteiger charge is 2.39. The maximum atomic E-state index is 12.4. The molecule has 7 rings (SSSR count). The number of anilines is 1. The first kappa shape index (κ1) is 25.3. The summed E-state index contributed by atoms with van der Waals surface area (Å²) in [7, 11) is 1.57. The van der Waals surface area contributed by atoms with E-state index in [0.717, 1.165) is 46.2 Å². The average Bonchev–Trinajstić information content (AvgIpc) is 3.52. The van der Waals surface area contributed by atoms with Crippen LogP contribution in [0.15, 0.2) is 42.6 Å². The fourth-order valence-corrected chi connectivity index (χ4v) is 5.52. The van der Waals surface area contributed by atoms with Gasteiger partial charge in [0.05, 0.1) is 18.7 Å². The number of benzene rings is 2. The van der Waals surface area contributed by atoms with Crippen molar-refractivity contribution in [2.45, 2.75) is 50.9 Å². The first-order valence-electron chi connectivity index (χ1n) is 12.5. The molecule has 9 nitrogen and oxygen atoms in total. The second kappa shape index (κ2) is 10.6. The number of nitriles is 1. The molecule has 3 fully saturated rings. The van der Waals surface area contributed by atoms with E-state index < -0.39 is 0 Å². The van der Waals surface area contributed by atoms with Gasteiger partial charge in [0.25, 0.3) is 0 Å². The summed E-state index contributed by atoms with van der Waals surface area (Å²) in [4.78, 5) is 13.9. The number of piperidine rings is 1. The Bertz CT molecular complexity index is 1500. The molecule has 3 aliphatic rings. The lowest BCUT2D eigenvalue weighted by atomic mass is 9.79. The Hall–Kier alpha value is -4.36. The largest absolute Gasteiger partial charge is 0.496 e. The monoisotopic (exact) mass is 515 g/mol. The molecule has 2 saturated heterocycles. The van der Waals surface area contributed by atoms with E-state index in [9.17, 15) is 14.4 Å². The smallest absolute Gasteiger partial charge is 0.207 e. The number of aromatic amines is 1. The van der Waals surface area contributed by atoms with Crippen molar-refractivity contribution < 1.29 is 13.9 Å². The van der Waals surface area contributed by atoms with Crippen LogP contribution >= 0.6 is 0 Å². The van der Waals surface area contributed by atoms with E-state index in [0.29, 0.717) is 42.1 Å². The molecule has 2 atom stereocenters. The van der Waals surface area contributed by atoms with Gasteiger partial charge in [0.2, 0.25) is 6.41 Å². The summed E-state index contributed by atoms with van der Waals surface area (Å²) in [6.45, 7) is 2.24. The predicted octanol–water partition coefficient (Wildman–Crippen LogP) is 3.94. The van der Waals surface area contributed by atoms with Crippen molar-refractivity contribution in [2.24, 2.45) is 0 Å². The second-order valence-electron chi connectivity index (χ2n) is 9.74. The van der Waals surface area contributed by atoms with Crippen molar-refractivity contribution >= 4 is 23.1 Å². The zero-order chi connectivity index (χ0) is 26.8. The molecule has 2 aromatic heterocycles. The number of nitrogens with one attached hydrogen (secondary N) is 3. The Morgan fingerprint density at radius 3 is 2.68 bits per heavy atom. The quantitative estimate of drug-likeness (QED) is 0.288. The number of hydrogen-bond donors (Lipinski definition) is 4. The number of carbonyl (C=O) groups is 1. The summed E-state index contributed by atoms with van der Waals surface area (Å²) < 4.78 is 19.2. The number of nitrogens with zero attached hydrogens (tertiary/aromatic N) is 3. The molecular weight excluding hydrogens is 485 g/mol. The number of H-pyrrole nitrogens is 1. The van der Waals surface area contributed by atoms with Gasteiger partial charge in [-0.05, 0) is 61.6 Å². The van der Waals surface area contributed by atoms with Crippen LogP contribution in [0.3, 0.4) is 0 Å². The summed E-state index contributed by atoms with van der Waals surface area (Å²) in [5, 5.41) is 21.8. The van der Waals surface area contributed by atoms with Gasteiger partial charge in [-0.1, -0.05) is 12.1 Å². The first-order valence-corrected chi connectivity index (χ1v) is 12.5. The Balaban J connectivity index is 0.000000249. The lowest BCUT2D eigenvalue weighted by Gasteiger charge is -2.46. The van der Waals surface area contributed by atoms with Gasteiger partial charge in [-0.2, -0.15) is 10.4 Å². The third-order valence-electron chi connectivity index (χ3n) is 7.36. The number of ether oxygens (including phenoxy) is 1. The van der Waals surface area contributed by atoms with E-state index in [1.165, 1.54) is 18.6 Å². The molecule has 2 unspecified atom stereocenters. The van der Waals surface area contributed by atoms with Crippen LogP contribution in [0.1, 0.15) is 42.0 Å². The van der Waals surface area contributed by atoms with Crippen molar-refractivity contribution in [3.8, 4) is 23.1 Å². The summed E-state index contributed by atoms with van der Waals surface area (Å²) in [6.07, 6.45) is 5.73. The number of hydrogen-bond acceptors (Lipinski definition) is 6. The number of amides is 1. The Labute approximate surface area is 219 Å². The van der Waals surface area contributed by atoms with E-state index in [1.54, 1.807) is 13.2 Å². The second-order valence-corrected chi connectivity index (χ2v) is 9.74. The van der Waals surface area contributed by atoms with Crippen molar-refractivity contribution in [1.82, 2.24) is 25.4 Å². The zero-order valence-corrected chi connectivity index (χ0v) is 21.3. The minimum absolute atomic E-state index is 0.224. The van der Waals surface area contributed by atoms with Crippen LogP contribution in [-0.2, 0) is 11.3 Å². The molecule has 0 spiro atoms. The maximum absolute atomic E-state index is 12.4. The van der Waals surface area contributed by atoms with Crippen molar-refractivity contribution in [3.63, 3.8) is 0 Å². The van der Waals surface area contributed by atoms with Gasteiger partial charge in [-0.15, -0.1) is 0 Å². The minimum Gasteiger partial charge on any atom is -0.496 e. The maximum Gasteiger partial charge on any atom is 0.207 e. The molecular formula is C28H30FN7O2. The van der Waals surface area contributed by atoms with Crippen LogP contribution in [0.5, 0.6) is 5.75 Å². The lowest BCUT2D eigenvalue weighted by molar-refractivity contribution is -0.109. The SMILES string of the molecule is COc1ccc(F)cc1C.N#Cc1c(-c2ccc(CNC=O)c3[nH]ccc23)nn(C2CC3CC(C2)N3)c1N. The topological polar surface area (TPSA) is 134 Å². The number of nitrogen functional groups attached to an aromatic ring is 1. The van der Waals surface area contributed by atoms with Gasteiger partial charge in [0.15, 0.2) is 0 Å². The Morgan fingerprint density at radius 1 is 1.26 bits per heavy atom. The summed E-state index contributed by atoms with van der Waals surface area (Å²) in [6, 6.07) is 13.8. The molecule has 1 amide bonds. The van der Waals surface area contributed by atoms with Gasteiger partial charge in [-0.25, -0.2) is 9.07 Å². The highest BCUT2D eigenvalue weighted by atomic mass is 19.1. The van der Waals surface area contributed by atoms with Gasteiger partial charge in [-0.3, -0.25) is 4.79 Å². The standard InChI is InChI=1S/C20H21N7O.C8H9FO/c21-8-17-19(26-27(20(17)22)14-6-12-5-13(7-14)25-12)15-2-1-11(9-23-10-28)18-16(15)3-4-24-18;1-6-5-7(9)3-4-8(6)10-2/h1-4,10,12-14,24-25H,5-7,9,22H2,(H,23,28);3-5H,1-2H3. The summed E-state index contributed by atoms with van der Waals surface area (Å²) in [5.74, 6) is 0.943. The molecule has 4 heterocycles. The van der Waals surface area contributed by atoms with E-state index in [4.69, 9.17) is 15.6 Å². The Kier molecular flexibility index (Phi) is 7.03. The molecule has 0 radical (unpaired) electrons.